The van der Waals surface area contributed by atoms with Crippen molar-refractivity contribution in [3.8, 4) is 16.8 Å². The van der Waals surface area contributed by atoms with E-state index in [1.807, 2.05) is 29.2 Å². The number of nitrogens with zero attached hydrogens (tertiary/aromatic N) is 4. The Morgan fingerprint density at radius 3 is 2.14 bits per heavy atom. The molecule has 2 aromatic carbocycles. The topological polar surface area (TPSA) is 75.5 Å². The monoisotopic (exact) mass is 516 g/mol. The lowest BCUT2D eigenvalue weighted by molar-refractivity contribution is 0.381. The summed E-state index contributed by atoms with van der Waals surface area (Å²) in [5, 5.41) is 3.72. The molecule has 0 atom stereocenters. The van der Waals surface area contributed by atoms with Crippen LogP contribution in [0.4, 0.5) is 14.5 Å². The minimum absolute atomic E-state index is 0.0156. The fourth-order valence-electron chi connectivity index (χ4n) is 4.34. The molecular formula is C26H30F2N4O3S. The minimum atomic E-state index is -3.39. The predicted molar refractivity (Wildman–Crippen MR) is 137 cm³/mol. The van der Waals surface area contributed by atoms with E-state index in [9.17, 15) is 22.0 Å². The molecule has 0 unspecified atom stereocenters. The highest BCUT2D eigenvalue weighted by molar-refractivity contribution is 7.89. The third-order valence-electron chi connectivity index (χ3n) is 6.43. The Kier molecular flexibility index (Phi) is 7.28. The van der Waals surface area contributed by atoms with E-state index in [4.69, 9.17) is 0 Å². The van der Waals surface area contributed by atoms with Crippen molar-refractivity contribution < 1.29 is 17.2 Å². The molecule has 0 spiro atoms. The molecule has 1 fully saturated rings. The van der Waals surface area contributed by atoms with Crippen LogP contribution in [0.15, 0.2) is 53.5 Å². The Hall–Kier alpha value is -3.11. The molecule has 1 saturated heterocycles. The van der Waals surface area contributed by atoms with Crippen LogP contribution in [-0.2, 0) is 10.0 Å². The van der Waals surface area contributed by atoms with Gasteiger partial charge in [0.2, 0.25) is 10.0 Å². The maximum absolute atomic E-state index is 13.9. The van der Waals surface area contributed by atoms with Crippen LogP contribution in [0.1, 0.15) is 39.2 Å². The Labute approximate surface area is 210 Å². The summed E-state index contributed by atoms with van der Waals surface area (Å²) in [7, 11) is -3.39. The Bertz CT molecular complexity index is 1410. The third kappa shape index (κ3) is 5.05. The first kappa shape index (κ1) is 26.0. The molecule has 1 aliphatic rings. The van der Waals surface area contributed by atoms with Gasteiger partial charge in [0.1, 0.15) is 11.6 Å². The second kappa shape index (κ2) is 10.1. The zero-order valence-electron chi connectivity index (χ0n) is 20.8. The van der Waals surface area contributed by atoms with Crippen molar-refractivity contribution in [2.75, 3.05) is 31.1 Å². The number of hydrogen-bond donors (Lipinski definition) is 0. The molecule has 0 amide bonds. The molecule has 3 aromatic rings. The van der Waals surface area contributed by atoms with Crippen LogP contribution in [0.2, 0.25) is 0 Å². The van der Waals surface area contributed by atoms with Gasteiger partial charge < -0.3 is 4.90 Å². The lowest BCUT2D eigenvalue weighted by Gasteiger charge is -2.36. The van der Waals surface area contributed by atoms with Gasteiger partial charge in [0, 0.05) is 32.2 Å². The highest BCUT2D eigenvalue weighted by atomic mass is 32.2. The van der Waals surface area contributed by atoms with E-state index in [2.05, 4.69) is 18.9 Å². The molecule has 0 N–H and O–H groups in total. The van der Waals surface area contributed by atoms with E-state index in [0.29, 0.717) is 29.9 Å². The number of anilines is 1. The zero-order chi connectivity index (χ0) is 26.2. The molecule has 2 heterocycles. The Balaban J connectivity index is 1.82. The average molecular weight is 517 g/mol. The molecule has 192 valence electrons. The largest absolute Gasteiger partial charge is 0.367 e. The van der Waals surface area contributed by atoms with Crippen LogP contribution in [-0.4, -0.2) is 53.9 Å². The Morgan fingerprint density at radius 1 is 0.917 bits per heavy atom. The van der Waals surface area contributed by atoms with Gasteiger partial charge in [-0.15, -0.1) is 0 Å². The molecule has 0 radical (unpaired) electrons. The van der Waals surface area contributed by atoms with Crippen molar-refractivity contribution in [1.82, 2.24) is 14.1 Å². The molecule has 1 aliphatic heterocycles. The highest BCUT2D eigenvalue weighted by Gasteiger charge is 2.31. The molecule has 10 heteroatoms. The van der Waals surface area contributed by atoms with Crippen molar-refractivity contribution in [2.45, 2.75) is 38.9 Å². The fraction of sp³-hybridized carbons (Fsp3) is 0.385. The SMILES string of the molecule is CC(C)c1cccc(-c2c(N3CCN(S(=O)(=O)C(C)C)CC3)cnn(-c3cc(F)cc(F)c3)c2=O)c1. The molecule has 4 rings (SSSR count). The number of sulfonamides is 1. The van der Waals surface area contributed by atoms with Gasteiger partial charge in [-0.3, -0.25) is 4.79 Å². The maximum atomic E-state index is 13.9. The molecule has 36 heavy (non-hydrogen) atoms. The van der Waals surface area contributed by atoms with Crippen LogP contribution in [0.5, 0.6) is 0 Å². The van der Waals surface area contributed by atoms with Crippen molar-refractivity contribution in [3.05, 3.63) is 76.2 Å². The van der Waals surface area contributed by atoms with Crippen molar-refractivity contribution in [3.63, 3.8) is 0 Å². The van der Waals surface area contributed by atoms with Gasteiger partial charge in [0.25, 0.3) is 5.56 Å². The fourth-order valence-corrected chi connectivity index (χ4v) is 5.60. The van der Waals surface area contributed by atoms with Crippen LogP contribution in [0.25, 0.3) is 16.8 Å². The summed E-state index contributed by atoms with van der Waals surface area (Å²) in [5.41, 5.74) is 2.05. The van der Waals surface area contributed by atoms with Gasteiger partial charge in [0.15, 0.2) is 0 Å². The summed E-state index contributed by atoms with van der Waals surface area (Å²) in [6.45, 7) is 8.73. The molecule has 7 nitrogen and oxygen atoms in total. The molecule has 0 saturated carbocycles. The van der Waals surface area contributed by atoms with Crippen LogP contribution >= 0.6 is 0 Å². The number of rotatable bonds is 6. The van der Waals surface area contributed by atoms with E-state index in [1.165, 1.54) is 10.5 Å². The smallest absolute Gasteiger partial charge is 0.281 e. The Morgan fingerprint density at radius 2 is 1.56 bits per heavy atom. The number of aromatic nitrogens is 2. The van der Waals surface area contributed by atoms with Crippen LogP contribution in [0.3, 0.4) is 0 Å². The van der Waals surface area contributed by atoms with E-state index >= 15 is 0 Å². The summed E-state index contributed by atoms with van der Waals surface area (Å²) >= 11 is 0. The molecule has 0 aliphatic carbocycles. The summed E-state index contributed by atoms with van der Waals surface area (Å²) in [6.07, 6.45) is 1.51. The average Bonchev–Trinajstić information content (AvgIpc) is 2.83. The van der Waals surface area contributed by atoms with Crippen molar-refractivity contribution in [1.29, 1.82) is 0 Å². The first-order valence-electron chi connectivity index (χ1n) is 11.9. The quantitative estimate of drug-likeness (QED) is 0.492. The summed E-state index contributed by atoms with van der Waals surface area (Å²) in [4.78, 5) is 15.7. The summed E-state index contributed by atoms with van der Waals surface area (Å²) in [5.74, 6) is -1.40. The number of hydrogen-bond acceptors (Lipinski definition) is 5. The first-order valence-corrected chi connectivity index (χ1v) is 13.4. The van der Waals surface area contributed by atoms with Gasteiger partial charge in [-0.2, -0.15) is 14.1 Å². The minimum Gasteiger partial charge on any atom is -0.367 e. The lowest BCUT2D eigenvalue weighted by Crippen LogP contribution is -2.50. The zero-order valence-corrected chi connectivity index (χ0v) is 21.6. The molecule has 1 aromatic heterocycles. The maximum Gasteiger partial charge on any atom is 0.281 e. The second-order valence-electron chi connectivity index (χ2n) is 9.51. The molecule has 0 bridgehead atoms. The number of halogens is 2. The number of piperazine rings is 1. The summed E-state index contributed by atoms with van der Waals surface area (Å²) < 4.78 is 55.5. The normalized spacial score (nSPS) is 15.2. The van der Waals surface area contributed by atoms with Gasteiger partial charge >= 0.3 is 0 Å². The van der Waals surface area contributed by atoms with E-state index in [0.717, 1.165) is 28.4 Å². The van der Waals surface area contributed by atoms with Crippen molar-refractivity contribution in [2.24, 2.45) is 0 Å². The van der Waals surface area contributed by atoms with Crippen molar-refractivity contribution >= 4 is 15.7 Å². The first-order chi connectivity index (χ1) is 17.0. The van der Waals surface area contributed by atoms with Gasteiger partial charge in [-0.05, 0) is 43.0 Å². The van der Waals surface area contributed by atoms with Crippen LogP contribution in [0, 0.1) is 11.6 Å². The van der Waals surface area contributed by atoms with E-state index in [-0.39, 0.29) is 24.7 Å². The second-order valence-corrected chi connectivity index (χ2v) is 12.0. The van der Waals surface area contributed by atoms with Crippen LogP contribution < -0.4 is 10.5 Å². The van der Waals surface area contributed by atoms with Gasteiger partial charge in [-0.1, -0.05) is 38.1 Å². The van der Waals surface area contributed by atoms with Gasteiger partial charge in [0.05, 0.1) is 28.4 Å². The third-order valence-corrected chi connectivity index (χ3v) is 8.70. The van der Waals surface area contributed by atoms with E-state index < -0.39 is 32.5 Å². The standard InChI is InChI=1S/C26H30F2N4O3S/c1-17(2)19-6-5-7-20(12-19)25-24(30-8-10-31(11-9-30)36(34,35)18(3)4)16-29-32(26(25)33)23-14-21(27)13-22(28)15-23/h5-7,12-18H,8-11H2,1-4H3. The predicted octanol–water partition coefficient (Wildman–Crippen LogP) is 4.16. The lowest BCUT2D eigenvalue weighted by atomic mass is 9.97. The summed E-state index contributed by atoms with van der Waals surface area (Å²) in [6, 6.07) is 10.4. The highest BCUT2D eigenvalue weighted by Crippen LogP contribution is 2.31. The number of benzene rings is 2. The van der Waals surface area contributed by atoms with E-state index in [1.54, 1.807) is 13.8 Å². The van der Waals surface area contributed by atoms with Gasteiger partial charge in [-0.25, -0.2) is 17.2 Å². The molecular weight excluding hydrogens is 486 g/mol.